The molecule has 2 aliphatic carbocycles. The topological polar surface area (TPSA) is 117 Å². The number of sulfone groups is 1. The number of halogens is 3. The van der Waals surface area contributed by atoms with Gasteiger partial charge in [-0.1, -0.05) is 11.6 Å². The second kappa shape index (κ2) is 10.00. The molecule has 1 aromatic heterocycles. The molecule has 3 aromatic rings. The maximum Gasteiger partial charge on any atom is 0.255 e. The van der Waals surface area contributed by atoms with Crippen molar-refractivity contribution in [1.29, 1.82) is 0 Å². The van der Waals surface area contributed by atoms with Crippen molar-refractivity contribution in [3.8, 4) is 0 Å². The largest absolute Gasteiger partial charge is 0.386 e. The van der Waals surface area contributed by atoms with Crippen LogP contribution in [0.25, 0.3) is 0 Å². The van der Waals surface area contributed by atoms with Crippen molar-refractivity contribution in [1.82, 2.24) is 4.98 Å². The van der Waals surface area contributed by atoms with E-state index in [1.165, 1.54) is 36.7 Å². The molecule has 0 spiro atoms. The monoisotopic (exact) mass is 562 g/mol. The van der Waals surface area contributed by atoms with Crippen LogP contribution in [0.1, 0.15) is 47.7 Å². The first-order valence-corrected chi connectivity index (χ1v) is 14.0. The quantitative estimate of drug-likeness (QED) is 0.401. The third-order valence-electron chi connectivity index (χ3n) is 7.84. The molecule has 5 rings (SSSR count). The Kier molecular flexibility index (Phi) is 7.02. The van der Waals surface area contributed by atoms with E-state index in [1.54, 1.807) is 12.1 Å². The first kappa shape index (κ1) is 26.7. The molecule has 11 heteroatoms. The third kappa shape index (κ3) is 4.59. The lowest BCUT2D eigenvalue weighted by atomic mass is 9.69. The van der Waals surface area contributed by atoms with E-state index < -0.39 is 56.2 Å². The molecule has 200 valence electrons. The van der Waals surface area contributed by atoms with E-state index in [4.69, 9.17) is 11.6 Å². The Morgan fingerprint density at radius 2 is 1.68 bits per heavy atom. The number of aliphatic hydroxyl groups excluding tert-OH is 1. The molecule has 0 radical (unpaired) electrons. The van der Waals surface area contributed by atoms with Crippen molar-refractivity contribution in [2.24, 2.45) is 11.8 Å². The Morgan fingerprint density at radius 3 is 2.32 bits per heavy atom. The number of rotatable bonds is 6. The van der Waals surface area contributed by atoms with Gasteiger partial charge in [0, 0.05) is 29.7 Å². The molecule has 7 nitrogen and oxygen atoms in total. The van der Waals surface area contributed by atoms with Crippen LogP contribution >= 0.6 is 11.6 Å². The molecule has 3 N–H and O–H groups in total. The van der Waals surface area contributed by atoms with Crippen LogP contribution in [-0.4, -0.2) is 40.4 Å². The predicted molar refractivity (Wildman–Crippen MR) is 136 cm³/mol. The molecule has 2 aromatic carbocycles. The summed E-state index contributed by atoms with van der Waals surface area (Å²) in [5.74, 6) is -3.83. The number of fused-ring (bicyclic) bond motifs is 2. The summed E-state index contributed by atoms with van der Waals surface area (Å²) in [4.78, 5) is 16.5. The van der Waals surface area contributed by atoms with Gasteiger partial charge in [-0.3, -0.25) is 9.78 Å². The summed E-state index contributed by atoms with van der Waals surface area (Å²) in [7, 11) is -4.02. The molecule has 1 unspecified atom stereocenters. The molecule has 1 heterocycles. The third-order valence-corrected chi connectivity index (χ3v) is 10.5. The summed E-state index contributed by atoms with van der Waals surface area (Å²) >= 11 is 6.28. The van der Waals surface area contributed by atoms with Gasteiger partial charge < -0.3 is 15.5 Å². The van der Waals surface area contributed by atoms with Gasteiger partial charge in [-0.05, 0) is 85.5 Å². The molecule has 0 saturated heterocycles. The number of nitrogens with zero attached hydrogens (tertiary/aromatic N) is 1. The highest BCUT2D eigenvalue weighted by atomic mass is 35.5. The number of anilines is 1. The number of amides is 1. The number of hydrogen-bond acceptors (Lipinski definition) is 6. The lowest BCUT2D eigenvalue weighted by Gasteiger charge is -2.45. The first-order chi connectivity index (χ1) is 18.0. The minimum Gasteiger partial charge on any atom is -0.386 e. The van der Waals surface area contributed by atoms with Crippen molar-refractivity contribution in [2.45, 2.75) is 47.5 Å². The van der Waals surface area contributed by atoms with E-state index in [0.717, 1.165) is 12.1 Å². The fraction of sp³-hybridized carbons (Fsp3) is 0.333. The van der Waals surface area contributed by atoms with E-state index >= 15 is 0 Å². The van der Waals surface area contributed by atoms with Gasteiger partial charge in [-0.25, -0.2) is 17.2 Å². The summed E-state index contributed by atoms with van der Waals surface area (Å²) in [6.45, 7) is 0. The van der Waals surface area contributed by atoms with Gasteiger partial charge in [0.25, 0.3) is 5.91 Å². The van der Waals surface area contributed by atoms with Crippen molar-refractivity contribution < 1.29 is 32.2 Å². The van der Waals surface area contributed by atoms with Crippen LogP contribution in [0.2, 0.25) is 5.02 Å². The Hall–Kier alpha value is -2.92. The van der Waals surface area contributed by atoms with Gasteiger partial charge in [0.05, 0.1) is 15.2 Å². The predicted octanol–water partition coefficient (Wildman–Crippen LogP) is 4.69. The van der Waals surface area contributed by atoms with Crippen LogP contribution in [0.5, 0.6) is 0 Å². The lowest BCUT2D eigenvalue weighted by molar-refractivity contribution is -0.144. The molecule has 2 aliphatic rings. The Morgan fingerprint density at radius 1 is 1.03 bits per heavy atom. The molecule has 38 heavy (non-hydrogen) atoms. The Balaban J connectivity index is 1.39. The average Bonchev–Trinajstić information content (AvgIpc) is 3.06. The summed E-state index contributed by atoms with van der Waals surface area (Å²) in [6, 6.07) is 9.93. The maximum atomic E-state index is 13.7. The fourth-order valence-corrected chi connectivity index (χ4v) is 8.28. The summed E-state index contributed by atoms with van der Waals surface area (Å²) < 4.78 is 54.2. The average molecular weight is 563 g/mol. The van der Waals surface area contributed by atoms with Gasteiger partial charge in [0.1, 0.15) is 11.7 Å². The van der Waals surface area contributed by atoms with Crippen LogP contribution < -0.4 is 5.32 Å². The number of aromatic nitrogens is 1. The molecule has 5 atom stereocenters. The second-order valence-corrected chi connectivity index (χ2v) is 12.5. The zero-order valence-corrected chi connectivity index (χ0v) is 21.6. The lowest BCUT2D eigenvalue weighted by Crippen LogP contribution is -2.52. The van der Waals surface area contributed by atoms with Crippen LogP contribution in [-0.2, 0) is 9.84 Å². The van der Waals surface area contributed by atoms with Crippen LogP contribution in [0.15, 0.2) is 65.8 Å². The van der Waals surface area contributed by atoms with E-state index in [1.807, 2.05) is 0 Å². The Labute approximate surface area is 223 Å². The van der Waals surface area contributed by atoms with E-state index in [0.29, 0.717) is 18.4 Å². The number of carbonyl (C=O) groups is 1. The molecular weight excluding hydrogens is 538 g/mol. The van der Waals surface area contributed by atoms with Gasteiger partial charge in [0.2, 0.25) is 0 Å². The van der Waals surface area contributed by atoms with Crippen molar-refractivity contribution in [3.63, 3.8) is 0 Å². The molecule has 2 saturated carbocycles. The second-order valence-electron chi connectivity index (χ2n) is 9.91. The number of aliphatic hydroxyl groups is 2. The molecule has 2 fully saturated rings. The highest BCUT2D eigenvalue weighted by Crippen LogP contribution is 2.56. The maximum absolute atomic E-state index is 13.7. The van der Waals surface area contributed by atoms with Crippen LogP contribution in [0.3, 0.4) is 0 Å². The molecule has 1 amide bonds. The van der Waals surface area contributed by atoms with Crippen molar-refractivity contribution in [3.05, 3.63) is 88.7 Å². The minimum atomic E-state index is -4.02. The summed E-state index contributed by atoms with van der Waals surface area (Å²) in [5, 5.41) is 24.1. The number of carbonyl (C=O) groups excluding carboxylic acids is 1. The number of benzene rings is 2. The number of nitrogens with one attached hydrogen (secondary N) is 1. The summed E-state index contributed by atoms with van der Waals surface area (Å²) in [5.41, 5.74) is -0.975. The Bertz CT molecular complexity index is 1470. The SMILES string of the molecule is O=C(Nc1ccc(F)c(F)c1)c1ccc(Cl)c(S(=O)(=O)[C@@H]2C[C@H]3CC[C@@H](C2)[C@@]3(O)C(O)c2ccncc2)c1. The molecule has 2 bridgehead atoms. The first-order valence-electron chi connectivity index (χ1n) is 12.1. The van der Waals surface area contributed by atoms with Crippen LogP contribution in [0.4, 0.5) is 14.5 Å². The van der Waals surface area contributed by atoms with E-state index in [9.17, 15) is 32.2 Å². The van der Waals surface area contributed by atoms with Gasteiger partial charge in [-0.2, -0.15) is 0 Å². The van der Waals surface area contributed by atoms with E-state index in [2.05, 4.69) is 10.3 Å². The summed E-state index contributed by atoms with van der Waals surface area (Å²) in [6.07, 6.45) is 3.26. The highest BCUT2D eigenvalue weighted by Gasteiger charge is 2.59. The smallest absolute Gasteiger partial charge is 0.255 e. The van der Waals surface area contributed by atoms with Crippen molar-refractivity contribution in [2.75, 3.05) is 5.32 Å². The zero-order chi connectivity index (χ0) is 27.2. The molecular formula is C27H25ClF2N2O5S. The fourth-order valence-electron chi connectivity index (χ4n) is 5.87. The number of hydrogen-bond donors (Lipinski definition) is 3. The van der Waals surface area contributed by atoms with Gasteiger partial charge in [-0.15, -0.1) is 0 Å². The number of pyridine rings is 1. The standard InChI is InChI=1S/C27H25ClF2N2O5S/c28-21-5-1-16(26(34)32-19-4-6-22(29)23(30)14-19)11-24(21)38(36,37)20-12-17-2-3-18(13-20)27(17,35)25(33)15-7-9-31-10-8-15/h1,4-11,14,17-18,20,25,33,35H,2-3,12-13H2,(H,32,34)/t17-,18+,20-,25?,27-. The minimum absolute atomic E-state index is 0.00385. The normalized spacial score (nSPS) is 25.7. The highest BCUT2D eigenvalue weighted by molar-refractivity contribution is 7.92. The van der Waals surface area contributed by atoms with E-state index in [-0.39, 0.29) is 34.0 Å². The van der Waals surface area contributed by atoms with Crippen molar-refractivity contribution >= 4 is 33.0 Å². The van der Waals surface area contributed by atoms with Crippen LogP contribution in [0, 0.1) is 23.5 Å². The van der Waals surface area contributed by atoms with Gasteiger partial charge >= 0.3 is 0 Å². The molecule has 0 aliphatic heterocycles. The zero-order valence-electron chi connectivity index (χ0n) is 20.0. The van der Waals surface area contributed by atoms with Gasteiger partial charge in [0.15, 0.2) is 21.5 Å².